The first-order chi connectivity index (χ1) is 9.08. The van der Waals surface area contributed by atoms with Crippen LogP contribution in [0.15, 0.2) is 47.5 Å². The Kier molecular flexibility index (Phi) is 3.66. The number of nitro groups is 1. The van der Waals surface area contributed by atoms with Gasteiger partial charge in [-0.1, -0.05) is 12.1 Å². The minimum atomic E-state index is -0.429. The molecule has 0 bridgehead atoms. The fourth-order valence-electron chi connectivity index (χ4n) is 1.71. The van der Waals surface area contributed by atoms with E-state index in [1.165, 1.54) is 30.5 Å². The van der Waals surface area contributed by atoms with Gasteiger partial charge in [0.25, 0.3) is 5.69 Å². The molecule has 0 N–H and O–H groups in total. The van der Waals surface area contributed by atoms with Crippen molar-refractivity contribution in [3.63, 3.8) is 0 Å². The lowest BCUT2D eigenvalue weighted by molar-refractivity contribution is -0.385. The molecule has 0 aliphatic carbocycles. The normalized spacial score (nSPS) is 10.8. The number of rotatable bonds is 3. The molecule has 0 spiro atoms. The molecule has 0 saturated heterocycles. The maximum atomic E-state index is 12.7. The van der Waals surface area contributed by atoms with E-state index in [4.69, 9.17) is 0 Å². The molecule has 0 amide bonds. The van der Waals surface area contributed by atoms with Crippen LogP contribution in [-0.2, 0) is 0 Å². The van der Waals surface area contributed by atoms with E-state index in [-0.39, 0.29) is 11.5 Å². The van der Waals surface area contributed by atoms with Crippen LogP contribution in [0.25, 0.3) is 0 Å². The van der Waals surface area contributed by atoms with Crippen molar-refractivity contribution in [2.75, 3.05) is 0 Å². The van der Waals surface area contributed by atoms with Gasteiger partial charge >= 0.3 is 0 Å². The molecule has 0 heterocycles. The lowest BCUT2D eigenvalue weighted by atomic mass is 10.1. The quantitative estimate of drug-likeness (QED) is 0.477. The SMILES string of the molecule is Cc1cccc(C=Nc2ccc(F)cc2)c1[N+](=O)[O-]. The molecule has 0 fully saturated rings. The number of nitrogens with zero attached hydrogens (tertiary/aromatic N) is 2. The first-order valence-electron chi connectivity index (χ1n) is 5.61. The Labute approximate surface area is 109 Å². The number of benzene rings is 2. The number of aryl methyl sites for hydroxylation is 1. The number of halogens is 1. The van der Waals surface area contributed by atoms with Crippen LogP contribution in [0.4, 0.5) is 15.8 Å². The van der Waals surface area contributed by atoms with Gasteiger partial charge in [0, 0.05) is 11.8 Å². The van der Waals surface area contributed by atoms with E-state index < -0.39 is 4.92 Å². The Morgan fingerprint density at radius 2 is 1.89 bits per heavy atom. The molecule has 0 aliphatic heterocycles. The molecule has 0 unspecified atom stereocenters. The molecule has 2 aromatic rings. The van der Waals surface area contributed by atoms with Gasteiger partial charge < -0.3 is 0 Å². The Morgan fingerprint density at radius 3 is 2.53 bits per heavy atom. The van der Waals surface area contributed by atoms with Crippen LogP contribution < -0.4 is 0 Å². The standard InChI is InChI=1S/C14H11FN2O2/c1-10-3-2-4-11(14(10)17(18)19)9-16-13-7-5-12(15)6-8-13/h2-9H,1H3. The zero-order valence-electron chi connectivity index (χ0n) is 10.2. The van der Waals surface area contributed by atoms with Crippen LogP contribution >= 0.6 is 0 Å². The number of para-hydroxylation sites is 1. The highest BCUT2D eigenvalue weighted by molar-refractivity contribution is 5.87. The summed E-state index contributed by atoms with van der Waals surface area (Å²) in [6, 6.07) is 10.6. The fraction of sp³-hybridized carbons (Fsp3) is 0.0714. The number of hydrogen-bond acceptors (Lipinski definition) is 3. The zero-order valence-corrected chi connectivity index (χ0v) is 10.2. The third-order valence-corrected chi connectivity index (χ3v) is 2.63. The van der Waals surface area contributed by atoms with Gasteiger partial charge in [0.05, 0.1) is 16.2 Å². The largest absolute Gasteiger partial charge is 0.281 e. The number of hydrogen-bond donors (Lipinski definition) is 0. The summed E-state index contributed by atoms with van der Waals surface area (Å²) in [6.07, 6.45) is 1.42. The third kappa shape index (κ3) is 3.01. The summed E-state index contributed by atoms with van der Waals surface area (Å²) >= 11 is 0. The molecule has 4 nitrogen and oxygen atoms in total. The molecule has 2 aromatic carbocycles. The molecule has 2 rings (SSSR count). The van der Waals surface area contributed by atoms with Crippen molar-refractivity contribution >= 4 is 17.6 Å². The first-order valence-corrected chi connectivity index (χ1v) is 5.61. The van der Waals surface area contributed by atoms with Gasteiger partial charge in [-0.15, -0.1) is 0 Å². The van der Waals surface area contributed by atoms with Crippen molar-refractivity contribution in [3.8, 4) is 0 Å². The van der Waals surface area contributed by atoms with Gasteiger partial charge in [0.15, 0.2) is 0 Å². The van der Waals surface area contributed by atoms with E-state index in [0.717, 1.165) is 0 Å². The summed E-state index contributed by atoms with van der Waals surface area (Å²) in [7, 11) is 0. The second kappa shape index (κ2) is 5.39. The molecule has 5 heteroatoms. The highest BCUT2D eigenvalue weighted by Gasteiger charge is 2.14. The molecule has 0 aromatic heterocycles. The smallest absolute Gasteiger partial charge is 0.258 e. The Morgan fingerprint density at radius 1 is 1.21 bits per heavy atom. The fourth-order valence-corrected chi connectivity index (χ4v) is 1.71. The molecular weight excluding hydrogens is 247 g/mol. The van der Waals surface area contributed by atoms with E-state index in [9.17, 15) is 14.5 Å². The molecule has 0 atom stereocenters. The van der Waals surface area contributed by atoms with Gasteiger partial charge in [0.2, 0.25) is 0 Å². The maximum Gasteiger partial charge on any atom is 0.281 e. The van der Waals surface area contributed by atoms with Gasteiger partial charge in [-0.3, -0.25) is 15.1 Å². The summed E-state index contributed by atoms with van der Waals surface area (Å²) in [5.74, 6) is -0.347. The predicted octanol–water partition coefficient (Wildman–Crippen LogP) is 3.79. The van der Waals surface area contributed by atoms with E-state index >= 15 is 0 Å². The third-order valence-electron chi connectivity index (χ3n) is 2.63. The molecular formula is C14H11FN2O2. The molecule has 0 saturated carbocycles. The molecule has 0 aliphatic rings. The lowest BCUT2D eigenvalue weighted by Gasteiger charge is -2.00. The number of aliphatic imine (C=N–C) groups is 1. The highest BCUT2D eigenvalue weighted by atomic mass is 19.1. The summed E-state index contributed by atoms with van der Waals surface area (Å²) in [5, 5.41) is 11.0. The lowest BCUT2D eigenvalue weighted by Crippen LogP contribution is -1.97. The monoisotopic (exact) mass is 258 g/mol. The van der Waals surface area contributed by atoms with E-state index in [2.05, 4.69) is 4.99 Å². The van der Waals surface area contributed by atoms with Gasteiger partial charge in [-0.2, -0.15) is 0 Å². The minimum absolute atomic E-state index is 0.0355. The van der Waals surface area contributed by atoms with Crippen LogP contribution in [-0.4, -0.2) is 11.1 Å². The zero-order chi connectivity index (χ0) is 13.8. The average molecular weight is 258 g/mol. The second-order valence-corrected chi connectivity index (χ2v) is 4.00. The van der Waals surface area contributed by atoms with Gasteiger partial charge in [-0.05, 0) is 37.3 Å². The topological polar surface area (TPSA) is 55.5 Å². The van der Waals surface area contributed by atoms with E-state index in [0.29, 0.717) is 16.8 Å². The van der Waals surface area contributed by atoms with Crippen molar-refractivity contribution in [3.05, 3.63) is 69.5 Å². The van der Waals surface area contributed by atoms with Crippen molar-refractivity contribution in [2.45, 2.75) is 6.92 Å². The molecule has 19 heavy (non-hydrogen) atoms. The second-order valence-electron chi connectivity index (χ2n) is 4.00. The first kappa shape index (κ1) is 12.9. The van der Waals surface area contributed by atoms with Crippen molar-refractivity contribution in [1.29, 1.82) is 0 Å². The summed E-state index contributed by atoms with van der Waals surface area (Å²) in [5.41, 5.74) is 1.58. The highest BCUT2D eigenvalue weighted by Crippen LogP contribution is 2.22. The molecule has 96 valence electrons. The van der Waals surface area contributed by atoms with Gasteiger partial charge in [0.1, 0.15) is 5.82 Å². The predicted molar refractivity (Wildman–Crippen MR) is 71.5 cm³/mol. The Bertz CT molecular complexity index is 636. The van der Waals surface area contributed by atoms with Crippen molar-refractivity contribution < 1.29 is 9.31 Å². The van der Waals surface area contributed by atoms with Crippen LogP contribution in [0.5, 0.6) is 0 Å². The van der Waals surface area contributed by atoms with Crippen LogP contribution in [0, 0.1) is 22.9 Å². The summed E-state index contributed by atoms with van der Waals surface area (Å²) < 4.78 is 12.7. The van der Waals surface area contributed by atoms with E-state index in [1.54, 1.807) is 25.1 Å². The van der Waals surface area contributed by atoms with Crippen LogP contribution in [0.3, 0.4) is 0 Å². The van der Waals surface area contributed by atoms with Crippen molar-refractivity contribution in [1.82, 2.24) is 0 Å². The Balaban J connectivity index is 2.36. The minimum Gasteiger partial charge on any atom is -0.258 e. The summed E-state index contributed by atoms with van der Waals surface area (Å²) in [6.45, 7) is 1.67. The van der Waals surface area contributed by atoms with Gasteiger partial charge in [-0.25, -0.2) is 4.39 Å². The van der Waals surface area contributed by atoms with Crippen LogP contribution in [0.1, 0.15) is 11.1 Å². The van der Waals surface area contributed by atoms with Crippen molar-refractivity contribution in [2.24, 2.45) is 4.99 Å². The molecule has 0 radical (unpaired) electrons. The van der Waals surface area contributed by atoms with Crippen LogP contribution in [0.2, 0.25) is 0 Å². The average Bonchev–Trinajstić information content (AvgIpc) is 2.37. The summed E-state index contributed by atoms with van der Waals surface area (Å²) in [4.78, 5) is 14.7. The maximum absolute atomic E-state index is 12.7. The van der Waals surface area contributed by atoms with E-state index in [1.807, 2.05) is 0 Å². The number of nitro benzene ring substituents is 1. The Hall–Kier alpha value is -2.56.